The van der Waals surface area contributed by atoms with Gasteiger partial charge in [0.05, 0.1) is 11.4 Å². The number of hydrogen-bond donors (Lipinski definition) is 1. The summed E-state index contributed by atoms with van der Waals surface area (Å²) in [7, 11) is 0. The van der Waals surface area contributed by atoms with Crippen molar-refractivity contribution in [1.82, 2.24) is 14.7 Å². The third-order valence-corrected chi connectivity index (χ3v) is 5.15. The molecule has 1 aliphatic carbocycles. The lowest BCUT2D eigenvalue weighted by Crippen LogP contribution is -2.42. The minimum Gasteiger partial charge on any atom is -0.317 e. The molecule has 4 rings (SSSR count). The van der Waals surface area contributed by atoms with Gasteiger partial charge in [-0.1, -0.05) is 42.5 Å². The molecule has 27 heavy (non-hydrogen) atoms. The lowest BCUT2D eigenvalue weighted by atomic mass is 10.1. The summed E-state index contributed by atoms with van der Waals surface area (Å²) < 4.78 is 1.77. The number of anilines is 1. The number of aromatic nitrogens is 2. The van der Waals surface area contributed by atoms with Crippen LogP contribution >= 0.6 is 0 Å². The molecule has 3 aromatic rings. The highest BCUT2D eigenvalue weighted by atomic mass is 16.2. The number of benzene rings is 2. The number of carbonyl (C=O) groups excluding carboxylic acids is 1. The Labute approximate surface area is 159 Å². The Balaban J connectivity index is 1.57. The van der Waals surface area contributed by atoms with Crippen LogP contribution in [0.4, 0.5) is 10.5 Å². The second kappa shape index (κ2) is 7.66. The fourth-order valence-corrected chi connectivity index (χ4v) is 3.39. The van der Waals surface area contributed by atoms with E-state index in [9.17, 15) is 4.79 Å². The molecule has 0 aliphatic heterocycles. The van der Waals surface area contributed by atoms with Crippen molar-refractivity contribution in [2.24, 2.45) is 5.92 Å². The minimum absolute atomic E-state index is 0.0714. The summed E-state index contributed by atoms with van der Waals surface area (Å²) in [4.78, 5) is 15.1. The zero-order valence-electron chi connectivity index (χ0n) is 15.5. The Bertz CT molecular complexity index is 888. The van der Waals surface area contributed by atoms with E-state index in [1.807, 2.05) is 59.6 Å². The van der Waals surface area contributed by atoms with Gasteiger partial charge >= 0.3 is 6.03 Å². The molecule has 0 bridgehead atoms. The maximum absolute atomic E-state index is 13.2. The third-order valence-electron chi connectivity index (χ3n) is 5.15. The van der Waals surface area contributed by atoms with Crippen molar-refractivity contribution in [2.75, 3.05) is 5.32 Å². The third kappa shape index (κ3) is 4.03. The van der Waals surface area contributed by atoms with E-state index in [0.717, 1.165) is 16.9 Å². The molecule has 2 aromatic carbocycles. The van der Waals surface area contributed by atoms with Crippen LogP contribution in [0.25, 0.3) is 5.69 Å². The number of hydrogen-bond acceptors (Lipinski definition) is 2. The summed E-state index contributed by atoms with van der Waals surface area (Å²) in [6, 6.07) is 19.9. The highest BCUT2D eigenvalue weighted by Crippen LogP contribution is 2.36. The van der Waals surface area contributed by atoms with Gasteiger partial charge in [0.25, 0.3) is 0 Å². The van der Waals surface area contributed by atoms with E-state index in [2.05, 4.69) is 29.5 Å². The normalized spacial score (nSPS) is 14.6. The topological polar surface area (TPSA) is 50.2 Å². The van der Waals surface area contributed by atoms with Crippen LogP contribution < -0.4 is 5.32 Å². The largest absolute Gasteiger partial charge is 0.322 e. The van der Waals surface area contributed by atoms with Crippen molar-refractivity contribution in [3.8, 4) is 5.69 Å². The second-order valence-corrected chi connectivity index (χ2v) is 7.09. The minimum atomic E-state index is -0.0714. The molecule has 5 nitrogen and oxygen atoms in total. The molecule has 1 unspecified atom stereocenters. The lowest BCUT2D eigenvalue weighted by Gasteiger charge is -2.30. The van der Waals surface area contributed by atoms with Crippen LogP contribution in [0.5, 0.6) is 0 Å². The van der Waals surface area contributed by atoms with Crippen molar-refractivity contribution >= 4 is 11.7 Å². The van der Waals surface area contributed by atoms with Crippen molar-refractivity contribution < 1.29 is 4.79 Å². The van der Waals surface area contributed by atoms with Gasteiger partial charge < -0.3 is 10.2 Å². The van der Waals surface area contributed by atoms with Gasteiger partial charge in [0.15, 0.2) is 0 Å². The fraction of sp³-hybridized carbons (Fsp3) is 0.273. The van der Waals surface area contributed by atoms with Crippen molar-refractivity contribution in [2.45, 2.75) is 32.4 Å². The first-order valence-electron chi connectivity index (χ1n) is 9.43. The molecule has 2 amide bonds. The van der Waals surface area contributed by atoms with Gasteiger partial charge in [0.1, 0.15) is 0 Å². The van der Waals surface area contributed by atoms with Gasteiger partial charge in [-0.05, 0) is 49.4 Å². The first-order valence-corrected chi connectivity index (χ1v) is 9.43. The maximum Gasteiger partial charge on any atom is 0.322 e. The van der Waals surface area contributed by atoms with Crippen LogP contribution in [0.1, 0.15) is 25.3 Å². The zero-order valence-corrected chi connectivity index (χ0v) is 15.5. The zero-order chi connectivity index (χ0) is 18.6. The summed E-state index contributed by atoms with van der Waals surface area (Å²) in [6.07, 6.45) is 6.00. The van der Waals surface area contributed by atoms with E-state index >= 15 is 0 Å². The average Bonchev–Trinajstić information content (AvgIpc) is 3.41. The molecule has 1 saturated carbocycles. The Kier molecular flexibility index (Phi) is 4.92. The number of rotatable bonds is 6. The van der Waals surface area contributed by atoms with E-state index < -0.39 is 0 Å². The van der Waals surface area contributed by atoms with Gasteiger partial charge in [-0.2, -0.15) is 5.10 Å². The van der Waals surface area contributed by atoms with Gasteiger partial charge in [0.2, 0.25) is 0 Å². The first-order chi connectivity index (χ1) is 13.2. The molecule has 1 heterocycles. The van der Waals surface area contributed by atoms with Gasteiger partial charge in [-0.15, -0.1) is 0 Å². The molecular formula is C22H24N4O. The van der Waals surface area contributed by atoms with Gasteiger partial charge in [-0.3, -0.25) is 0 Å². The Morgan fingerprint density at radius 2 is 1.89 bits per heavy atom. The fourth-order valence-electron chi connectivity index (χ4n) is 3.39. The van der Waals surface area contributed by atoms with E-state index in [4.69, 9.17) is 0 Å². The summed E-state index contributed by atoms with van der Waals surface area (Å²) >= 11 is 0. The van der Waals surface area contributed by atoms with E-state index in [0.29, 0.717) is 12.5 Å². The highest BCUT2D eigenvalue weighted by molar-refractivity contribution is 5.91. The number of amides is 2. The van der Waals surface area contributed by atoms with Gasteiger partial charge in [0, 0.05) is 25.0 Å². The van der Waals surface area contributed by atoms with Crippen molar-refractivity contribution in [3.05, 3.63) is 78.6 Å². The molecule has 1 atom stereocenters. The van der Waals surface area contributed by atoms with E-state index in [1.54, 1.807) is 10.9 Å². The van der Waals surface area contributed by atoms with Crippen LogP contribution in [0.15, 0.2) is 73.1 Å². The SMILES string of the molecule is CC(C1CC1)N(Cc1ccccc1)C(=O)Nc1ccccc1-n1cccn1. The summed E-state index contributed by atoms with van der Waals surface area (Å²) in [5.74, 6) is 0.598. The Morgan fingerprint density at radius 3 is 2.59 bits per heavy atom. The van der Waals surface area contributed by atoms with E-state index in [1.165, 1.54) is 12.8 Å². The predicted molar refractivity (Wildman–Crippen MR) is 107 cm³/mol. The molecule has 1 N–H and O–H groups in total. The molecule has 0 saturated heterocycles. The average molecular weight is 360 g/mol. The number of nitrogens with one attached hydrogen (secondary N) is 1. The summed E-state index contributed by atoms with van der Waals surface area (Å²) in [6.45, 7) is 2.76. The molecule has 1 aliphatic rings. The van der Waals surface area contributed by atoms with Crippen molar-refractivity contribution in [1.29, 1.82) is 0 Å². The Morgan fingerprint density at radius 1 is 1.15 bits per heavy atom. The maximum atomic E-state index is 13.2. The standard InChI is InChI=1S/C22H24N4O/c1-17(19-12-13-19)25(16-18-8-3-2-4-9-18)22(27)24-20-10-5-6-11-21(20)26-15-7-14-23-26/h2-11,14-15,17,19H,12-13,16H2,1H3,(H,24,27). The molecule has 1 fully saturated rings. The number of urea groups is 1. The van der Waals surface area contributed by atoms with Crippen LogP contribution in [0, 0.1) is 5.92 Å². The van der Waals surface area contributed by atoms with Crippen LogP contribution in [-0.2, 0) is 6.54 Å². The second-order valence-electron chi connectivity index (χ2n) is 7.09. The van der Waals surface area contributed by atoms with Crippen LogP contribution in [0.2, 0.25) is 0 Å². The smallest absolute Gasteiger partial charge is 0.317 e. The van der Waals surface area contributed by atoms with Crippen LogP contribution in [-0.4, -0.2) is 26.8 Å². The summed E-state index contributed by atoms with van der Waals surface area (Å²) in [5.41, 5.74) is 2.75. The predicted octanol–water partition coefficient (Wildman–Crippen LogP) is 4.70. The number of para-hydroxylation sites is 2. The molecular weight excluding hydrogens is 336 g/mol. The van der Waals surface area contributed by atoms with Crippen LogP contribution in [0.3, 0.4) is 0 Å². The molecule has 1 aromatic heterocycles. The highest BCUT2D eigenvalue weighted by Gasteiger charge is 2.34. The molecule has 0 radical (unpaired) electrons. The number of nitrogens with zero attached hydrogens (tertiary/aromatic N) is 3. The van der Waals surface area contributed by atoms with E-state index in [-0.39, 0.29) is 12.1 Å². The van der Waals surface area contributed by atoms with Crippen molar-refractivity contribution in [3.63, 3.8) is 0 Å². The Hall–Kier alpha value is -3.08. The number of carbonyl (C=O) groups is 1. The monoisotopic (exact) mass is 360 g/mol. The lowest BCUT2D eigenvalue weighted by molar-refractivity contribution is 0.181. The quantitative estimate of drug-likeness (QED) is 0.692. The molecule has 0 spiro atoms. The van der Waals surface area contributed by atoms with Gasteiger partial charge in [-0.25, -0.2) is 9.48 Å². The molecule has 138 valence electrons. The molecule has 5 heteroatoms. The first kappa shape index (κ1) is 17.3. The summed E-state index contributed by atoms with van der Waals surface area (Å²) in [5, 5.41) is 7.40.